The van der Waals surface area contributed by atoms with Crippen molar-refractivity contribution in [3.8, 4) is 11.5 Å². The first-order chi connectivity index (χ1) is 13.1. The van der Waals surface area contributed by atoms with Crippen LogP contribution in [0.3, 0.4) is 0 Å². The van der Waals surface area contributed by atoms with E-state index < -0.39 is 5.82 Å². The van der Waals surface area contributed by atoms with E-state index in [2.05, 4.69) is 0 Å². The van der Waals surface area contributed by atoms with Crippen LogP contribution in [0.4, 0.5) is 4.39 Å². The summed E-state index contributed by atoms with van der Waals surface area (Å²) in [5.41, 5.74) is 3.00. The lowest BCUT2D eigenvalue weighted by Gasteiger charge is -2.09. The van der Waals surface area contributed by atoms with Crippen LogP contribution >= 0.6 is 0 Å². The minimum absolute atomic E-state index is 0.103. The first-order valence-corrected chi connectivity index (χ1v) is 8.62. The number of hydrogen-bond donors (Lipinski definition) is 0. The third-order valence-corrected chi connectivity index (χ3v) is 4.49. The van der Waals surface area contributed by atoms with E-state index in [0.717, 1.165) is 11.1 Å². The number of halogens is 1. The second kappa shape index (κ2) is 7.08. The van der Waals surface area contributed by atoms with Gasteiger partial charge in [-0.25, -0.2) is 4.39 Å². The standard InChI is InChI=1S/C23H17FO3/c1-15-6-2-3-8-17(15)14-26-18-10-11-19-21(13-18)27-22(23(19)25)12-16-7-4-5-9-20(16)24/h2-13H,14H2,1H3. The summed E-state index contributed by atoms with van der Waals surface area (Å²) in [6.45, 7) is 2.46. The number of rotatable bonds is 4. The van der Waals surface area contributed by atoms with Crippen LogP contribution in [0.25, 0.3) is 6.08 Å². The van der Waals surface area contributed by atoms with Crippen molar-refractivity contribution >= 4 is 11.9 Å². The Balaban J connectivity index is 1.54. The van der Waals surface area contributed by atoms with E-state index in [1.54, 1.807) is 36.4 Å². The van der Waals surface area contributed by atoms with Crippen LogP contribution in [-0.4, -0.2) is 5.78 Å². The van der Waals surface area contributed by atoms with E-state index in [1.165, 1.54) is 12.1 Å². The van der Waals surface area contributed by atoms with Crippen molar-refractivity contribution in [2.75, 3.05) is 0 Å². The number of aryl methyl sites for hydroxylation is 1. The Morgan fingerprint density at radius 1 is 1.04 bits per heavy atom. The molecule has 3 nitrogen and oxygen atoms in total. The molecule has 0 spiro atoms. The molecule has 3 aromatic rings. The second-order valence-corrected chi connectivity index (χ2v) is 6.33. The Morgan fingerprint density at radius 3 is 2.63 bits per heavy atom. The summed E-state index contributed by atoms with van der Waals surface area (Å²) in [4.78, 5) is 12.5. The molecular formula is C23H17FO3. The zero-order valence-corrected chi connectivity index (χ0v) is 14.7. The maximum atomic E-state index is 13.8. The molecule has 0 N–H and O–H groups in total. The zero-order valence-electron chi connectivity index (χ0n) is 14.7. The molecule has 1 aliphatic heterocycles. The summed E-state index contributed by atoms with van der Waals surface area (Å²) in [5, 5.41) is 0. The molecule has 0 saturated carbocycles. The van der Waals surface area contributed by atoms with Gasteiger partial charge in [0.1, 0.15) is 23.9 Å². The van der Waals surface area contributed by atoms with Crippen LogP contribution in [0.2, 0.25) is 0 Å². The zero-order chi connectivity index (χ0) is 18.8. The number of carbonyl (C=O) groups excluding carboxylic acids is 1. The Kier molecular flexibility index (Phi) is 4.47. The summed E-state index contributed by atoms with van der Waals surface area (Å²) in [6.07, 6.45) is 1.42. The predicted molar refractivity (Wildman–Crippen MR) is 101 cm³/mol. The minimum Gasteiger partial charge on any atom is -0.489 e. The topological polar surface area (TPSA) is 35.5 Å². The molecule has 1 aliphatic rings. The molecule has 1 heterocycles. The molecule has 0 atom stereocenters. The molecule has 0 unspecified atom stereocenters. The molecule has 4 heteroatoms. The number of ether oxygens (including phenoxy) is 2. The van der Waals surface area contributed by atoms with Crippen molar-refractivity contribution in [1.29, 1.82) is 0 Å². The highest BCUT2D eigenvalue weighted by atomic mass is 19.1. The summed E-state index contributed by atoms with van der Waals surface area (Å²) in [6, 6.07) is 19.3. The van der Waals surface area contributed by atoms with E-state index in [1.807, 2.05) is 31.2 Å². The molecular weight excluding hydrogens is 343 g/mol. The molecule has 3 aromatic carbocycles. The summed E-state index contributed by atoms with van der Waals surface area (Å²) in [5.74, 6) is 0.464. The van der Waals surface area contributed by atoms with E-state index in [-0.39, 0.29) is 11.5 Å². The predicted octanol–water partition coefficient (Wildman–Crippen LogP) is 5.33. The van der Waals surface area contributed by atoms with Crippen LogP contribution in [0, 0.1) is 12.7 Å². The summed E-state index contributed by atoms with van der Waals surface area (Å²) in [7, 11) is 0. The highest BCUT2D eigenvalue weighted by molar-refractivity contribution is 6.14. The van der Waals surface area contributed by atoms with Crippen LogP contribution in [0.15, 0.2) is 72.5 Å². The minimum atomic E-state index is -0.403. The lowest BCUT2D eigenvalue weighted by atomic mass is 10.1. The average molecular weight is 360 g/mol. The lowest BCUT2D eigenvalue weighted by molar-refractivity contribution is 0.101. The fraction of sp³-hybridized carbons (Fsp3) is 0.0870. The van der Waals surface area contributed by atoms with Gasteiger partial charge in [0.15, 0.2) is 5.76 Å². The first-order valence-electron chi connectivity index (χ1n) is 8.62. The number of Topliss-reactive ketones (excluding diaryl/α,β-unsaturated/α-hetero) is 1. The lowest BCUT2D eigenvalue weighted by Crippen LogP contribution is -1.98. The molecule has 134 valence electrons. The molecule has 27 heavy (non-hydrogen) atoms. The Labute approximate surface area is 156 Å². The molecule has 0 aromatic heterocycles. The van der Waals surface area contributed by atoms with Crippen molar-refractivity contribution in [2.24, 2.45) is 0 Å². The van der Waals surface area contributed by atoms with Crippen molar-refractivity contribution in [2.45, 2.75) is 13.5 Å². The van der Waals surface area contributed by atoms with Crippen molar-refractivity contribution in [1.82, 2.24) is 0 Å². The van der Waals surface area contributed by atoms with Crippen molar-refractivity contribution < 1.29 is 18.7 Å². The second-order valence-electron chi connectivity index (χ2n) is 6.33. The molecule has 0 bridgehead atoms. The summed E-state index contributed by atoms with van der Waals surface area (Å²) >= 11 is 0. The van der Waals surface area contributed by atoms with Crippen molar-refractivity contribution in [3.05, 3.63) is 101 Å². The van der Waals surface area contributed by atoms with Crippen LogP contribution in [-0.2, 0) is 6.61 Å². The van der Waals surface area contributed by atoms with Gasteiger partial charge in [-0.05, 0) is 42.3 Å². The highest BCUT2D eigenvalue weighted by Gasteiger charge is 2.28. The van der Waals surface area contributed by atoms with Gasteiger partial charge >= 0.3 is 0 Å². The van der Waals surface area contributed by atoms with Gasteiger partial charge in [-0.15, -0.1) is 0 Å². The van der Waals surface area contributed by atoms with Gasteiger partial charge in [0.05, 0.1) is 5.56 Å². The molecule has 0 radical (unpaired) electrons. The monoisotopic (exact) mass is 360 g/mol. The Morgan fingerprint density at radius 2 is 1.81 bits per heavy atom. The highest BCUT2D eigenvalue weighted by Crippen LogP contribution is 2.35. The average Bonchev–Trinajstić information content (AvgIpc) is 2.98. The Bertz CT molecular complexity index is 1050. The normalized spacial score (nSPS) is 14.1. The molecule has 4 rings (SSSR count). The fourth-order valence-electron chi connectivity index (χ4n) is 2.92. The van der Waals surface area contributed by atoms with Gasteiger partial charge in [-0.2, -0.15) is 0 Å². The van der Waals surface area contributed by atoms with Crippen LogP contribution in [0.1, 0.15) is 27.0 Å². The largest absolute Gasteiger partial charge is 0.489 e. The maximum Gasteiger partial charge on any atom is 0.231 e. The van der Waals surface area contributed by atoms with Crippen LogP contribution in [0.5, 0.6) is 11.5 Å². The van der Waals surface area contributed by atoms with Gasteiger partial charge in [0.25, 0.3) is 0 Å². The van der Waals surface area contributed by atoms with Gasteiger partial charge in [0.2, 0.25) is 5.78 Å². The van der Waals surface area contributed by atoms with E-state index in [9.17, 15) is 9.18 Å². The third kappa shape index (κ3) is 3.47. The van der Waals surface area contributed by atoms with Crippen LogP contribution < -0.4 is 9.47 Å². The number of allylic oxidation sites excluding steroid dienone is 1. The molecule has 0 fully saturated rings. The number of benzene rings is 3. The maximum absolute atomic E-state index is 13.8. The van der Waals surface area contributed by atoms with Gasteiger partial charge in [-0.3, -0.25) is 4.79 Å². The number of ketones is 1. The third-order valence-electron chi connectivity index (χ3n) is 4.49. The van der Waals surface area contributed by atoms with Gasteiger partial charge in [-0.1, -0.05) is 42.5 Å². The van der Waals surface area contributed by atoms with E-state index in [4.69, 9.17) is 9.47 Å². The number of hydrogen-bond acceptors (Lipinski definition) is 3. The first kappa shape index (κ1) is 17.0. The van der Waals surface area contributed by atoms with Crippen molar-refractivity contribution in [3.63, 3.8) is 0 Å². The smallest absolute Gasteiger partial charge is 0.231 e. The van der Waals surface area contributed by atoms with Gasteiger partial charge < -0.3 is 9.47 Å². The SMILES string of the molecule is Cc1ccccc1COc1ccc2c(c1)OC(=Cc1ccccc1F)C2=O. The molecule has 0 amide bonds. The fourth-order valence-corrected chi connectivity index (χ4v) is 2.92. The number of fused-ring (bicyclic) bond motifs is 1. The van der Waals surface area contributed by atoms with E-state index in [0.29, 0.717) is 29.2 Å². The number of carbonyl (C=O) groups is 1. The van der Waals surface area contributed by atoms with E-state index >= 15 is 0 Å². The molecule has 0 aliphatic carbocycles. The molecule has 0 saturated heterocycles. The Hall–Kier alpha value is -3.40. The van der Waals surface area contributed by atoms with Gasteiger partial charge in [0, 0.05) is 11.6 Å². The quantitative estimate of drug-likeness (QED) is 0.590. The summed E-state index contributed by atoms with van der Waals surface area (Å²) < 4.78 is 25.3.